The number of urea groups is 1. The van der Waals surface area contributed by atoms with Crippen LogP contribution in [0.4, 0.5) is 10.5 Å². The Labute approximate surface area is 167 Å². The minimum atomic E-state index is -1.01. The van der Waals surface area contributed by atoms with Crippen LogP contribution in [0.25, 0.3) is 0 Å². The smallest absolute Gasteiger partial charge is 0.319 e. The Morgan fingerprint density at radius 3 is 2.48 bits per heavy atom. The van der Waals surface area contributed by atoms with Crippen molar-refractivity contribution in [3.8, 4) is 0 Å². The van der Waals surface area contributed by atoms with E-state index in [0.717, 1.165) is 0 Å². The fourth-order valence-electron chi connectivity index (χ4n) is 2.46. The molecule has 1 heterocycles. The minimum Gasteiger partial charge on any atom is -0.481 e. The van der Waals surface area contributed by atoms with Gasteiger partial charge in [0.2, 0.25) is 5.91 Å². The molecule has 10 heteroatoms. The molecule has 2 rings (SSSR count). The lowest BCUT2D eigenvalue weighted by atomic mass is 10.1. The third-order valence-corrected chi connectivity index (χ3v) is 3.90. The summed E-state index contributed by atoms with van der Waals surface area (Å²) in [6, 6.07) is 8.63. The van der Waals surface area contributed by atoms with E-state index in [-0.39, 0.29) is 25.2 Å². The largest absolute Gasteiger partial charge is 0.481 e. The highest BCUT2D eigenvalue weighted by atomic mass is 16.4. The number of nitrogen functional groups attached to an aromatic ring is 1. The lowest BCUT2D eigenvalue weighted by molar-refractivity contribution is -0.136. The summed E-state index contributed by atoms with van der Waals surface area (Å²) in [7, 11) is 0. The lowest BCUT2D eigenvalue weighted by Gasteiger charge is -2.19. The van der Waals surface area contributed by atoms with Crippen molar-refractivity contribution in [2.24, 2.45) is 5.73 Å². The maximum atomic E-state index is 12.4. The van der Waals surface area contributed by atoms with Crippen LogP contribution in [-0.4, -0.2) is 40.4 Å². The quantitative estimate of drug-likeness (QED) is 0.274. The zero-order valence-electron chi connectivity index (χ0n) is 15.5. The van der Waals surface area contributed by atoms with Gasteiger partial charge in [0.25, 0.3) is 0 Å². The number of nitrogens with two attached hydrogens (primary N) is 1. The Morgan fingerprint density at radius 1 is 1.17 bits per heavy atom. The van der Waals surface area contributed by atoms with Gasteiger partial charge in [0.1, 0.15) is 5.84 Å². The highest BCUT2D eigenvalue weighted by molar-refractivity contribution is 5.96. The number of rotatable bonds is 9. The Kier molecular flexibility index (Phi) is 7.66. The summed E-state index contributed by atoms with van der Waals surface area (Å²) in [5, 5.41) is 23.9. The van der Waals surface area contributed by atoms with Gasteiger partial charge in [-0.2, -0.15) is 0 Å². The number of hydrogen-bond acceptors (Lipinski definition) is 5. The van der Waals surface area contributed by atoms with Crippen molar-refractivity contribution in [2.45, 2.75) is 18.9 Å². The van der Waals surface area contributed by atoms with Crippen LogP contribution in [0, 0.1) is 5.41 Å². The highest BCUT2D eigenvalue weighted by Gasteiger charge is 2.19. The van der Waals surface area contributed by atoms with Gasteiger partial charge in [-0.05, 0) is 35.9 Å². The predicted molar refractivity (Wildman–Crippen MR) is 106 cm³/mol. The minimum absolute atomic E-state index is 0.00260. The molecule has 0 fully saturated rings. The van der Waals surface area contributed by atoms with E-state index in [4.69, 9.17) is 16.2 Å². The third kappa shape index (κ3) is 7.29. The SMILES string of the molecule is N=C(N)c1ccc(NC(=O)NC(CC(=O)NCCC(=O)O)c2cccnc2)cc1. The van der Waals surface area contributed by atoms with Gasteiger partial charge in [-0.3, -0.25) is 20.0 Å². The van der Waals surface area contributed by atoms with Crippen molar-refractivity contribution in [1.29, 1.82) is 5.41 Å². The molecule has 1 atom stereocenters. The molecular formula is C19H22N6O4. The molecule has 0 bridgehead atoms. The molecule has 0 radical (unpaired) electrons. The molecule has 2 aromatic rings. The zero-order valence-corrected chi connectivity index (χ0v) is 15.5. The molecule has 10 nitrogen and oxygen atoms in total. The standard InChI is InChI=1S/C19H22N6O4/c20-18(21)12-3-5-14(6-4-12)24-19(29)25-15(13-2-1-8-22-11-13)10-16(26)23-9-7-17(27)28/h1-6,8,11,15H,7,9-10H2,(H3,20,21)(H,23,26)(H,27,28)(H2,24,25,29). The molecule has 0 saturated carbocycles. The molecule has 0 saturated heterocycles. The second-order valence-electron chi connectivity index (χ2n) is 6.13. The van der Waals surface area contributed by atoms with E-state index in [9.17, 15) is 14.4 Å². The maximum absolute atomic E-state index is 12.4. The van der Waals surface area contributed by atoms with E-state index in [1.165, 1.54) is 6.20 Å². The second-order valence-corrected chi connectivity index (χ2v) is 6.13. The average molecular weight is 398 g/mol. The number of nitrogens with one attached hydrogen (secondary N) is 4. The average Bonchev–Trinajstić information content (AvgIpc) is 2.68. The molecule has 152 valence electrons. The van der Waals surface area contributed by atoms with Crippen LogP contribution in [0.5, 0.6) is 0 Å². The van der Waals surface area contributed by atoms with Crippen LogP contribution < -0.4 is 21.7 Å². The Morgan fingerprint density at radius 2 is 1.90 bits per heavy atom. The number of carbonyl (C=O) groups excluding carboxylic acids is 2. The number of nitrogens with zero attached hydrogens (tertiary/aromatic N) is 1. The molecule has 3 amide bonds. The first-order chi connectivity index (χ1) is 13.8. The summed E-state index contributed by atoms with van der Waals surface area (Å²) in [6.07, 6.45) is 2.84. The van der Waals surface area contributed by atoms with Gasteiger partial charge >= 0.3 is 12.0 Å². The molecule has 29 heavy (non-hydrogen) atoms. The van der Waals surface area contributed by atoms with E-state index in [1.54, 1.807) is 42.6 Å². The first kappa shape index (κ1) is 21.4. The maximum Gasteiger partial charge on any atom is 0.319 e. The molecule has 1 aromatic heterocycles. The van der Waals surface area contributed by atoms with Crippen molar-refractivity contribution in [1.82, 2.24) is 15.6 Å². The van der Waals surface area contributed by atoms with Crippen LogP contribution >= 0.6 is 0 Å². The number of carboxylic acid groups (broad SMARTS) is 1. The van der Waals surface area contributed by atoms with E-state index in [2.05, 4.69) is 20.9 Å². The number of aliphatic carboxylic acids is 1. The third-order valence-electron chi connectivity index (χ3n) is 3.90. The van der Waals surface area contributed by atoms with Crippen LogP contribution in [0.3, 0.4) is 0 Å². The van der Waals surface area contributed by atoms with Crippen molar-refractivity contribution in [3.05, 3.63) is 59.9 Å². The van der Waals surface area contributed by atoms with E-state index in [0.29, 0.717) is 16.8 Å². The number of pyridine rings is 1. The fourth-order valence-corrected chi connectivity index (χ4v) is 2.46. The first-order valence-corrected chi connectivity index (χ1v) is 8.75. The molecule has 1 aromatic carbocycles. The normalized spacial score (nSPS) is 11.2. The van der Waals surface area contributed by atoms with Gasteiger partial charge in [-0.15, -0.1) is 0 Å². The van der Waals surface area contributed by atoms with Gasteiger partial charge in [-0.1, -0.05) is 6.07 Å². The topological polar surface area (TPSA) is 170 Å². The van der Waals surface area contributed by atoms with Crippen molar-refractivity contribution in [2.75, 3.05) is 11.9 Å². The lowest BCUT2D eigenvalue weighted by Crippen LogP contribution is -2.36. The molecule has 7 N–H and O–H groups in total. The van der Waals surface area contributed by atoms with Crippen LogP contribution in [-0.2, 0) is 9.59 Å². The number of carboxylic acids is 1. The van der Waals surface area contributed by atoms with Gasteiger partial charge in [0, 0.05) is 30.2 Å². The van der Waals surface area contributed by atoms with Crippen molar-refractivity contribution in [3.63, 3.8) is 0 Å². The molecule has 0 aliphatic heterocycles. The summed E-state index contributed by atoms with van der Waals surface area (Å²) in [5.41, 5.74) is 7.05. The van der Waals surface area contributed by atoms with Crippen molar-refractivity contribution < 1.29 is 19.5 Å². The van der Waals surface area contributed by atoms with E-state index < -0.39 is 23.9 Å². The number of anilines is 1. The number of amides is 3. The summed E-state index contributed by atoms with van der Waals surface area (Å²) < 4.78 is 0. The van der Waals surface area contributed by atoms with Gasteiger partial charge in [-0.25, -0.2) is 4.79 Å². The molecule has 1 unspecified atom stereocenters. The van der Waals surface area contributed by atoms with E-state index >= 15 is 0 Å². The summed E-state index contributed by atoms with van der Waals surface area (Å²) in [6.45, 7) is 0.00260. The summed E-state index contributed by atoms with van der Waals surface area (Å²) >= 11 is 0. The Balaban J connectivity index is 2.01. The number of hydrogen-bond donors (Lipinski definition) is 6. The van der Waals surface area contributed by atoms with Gasteiger partial charge < -0.3 is 26.8 Å². The number of aromatic nitrogens is 1. The second kappa shape index (κ2) is 10.4. The molecule has 0 aliphatic rings. The first-order valence-electron chi connectivity index (χ1n) is 8.75. The predicted octanol–water partition coefficient (Wildman–Crippen LogP) is 1.21. The molecule has 0 aliphatic carbocycles. The van der Waals surface area contributed by atoms with Gasteiger partial charge in [0.15, 0.2) is 0 Å². The van der Waals surface area contributed by atoms with E-state index in [1.807, 2.05) is 0 Å². The summed E-state index contributed by atoms with van der Waals surface area (Å²) in [4.78, 5) is 39.1. The number of carbonyl (C=O) groups is 3. The molecule has 0 spiro atoms. The monoisotopic (exact) mass is 398 g/mol. The summed E-state index contributed by atoms with van der Waals surface area (Å²) in [5.74, 6) is -1.49. The van der Waals surface area contributed by atoms with Gasteiger partial charge in [0.05, 0.1) is 18.9 Å². The Hall–Kier alpha value is -3.95. The highest BCUT2D eigenvalue weighted by Crippen LogP contribution is 2.16. The molecular weight excluding hydrogens is 376 g/mol. The van der Waals surface area contributed by atoms with Crippen LogP contribution in [0.1, 0.15) is 30.0 Å². The van der Waals surface area contributed by atoms with Crippen LogP contribution in [0.2, 0.25) is 0 Å². The fraction of sp³-hybridized carbons (Fsp3) is 0.211. The number of amidine groups is 1. The zero-order chi connectivity index (χ0) is 21.2. The number of benzene rings is 1. The van der Waals surface area contributed by atoms with Crippen LogP contribution in [0.15, 0.2) is 48.8 Å². The Bertz CT molecular complexity index is 870. The van der Waals surface area contributed by atoms with Crippen molar-refractivity contribution >= 4 is 29.4 Å².